The van der Waals surface area contributed by atoms with Crippen molar-refractivity contribution in [2.75, 3.05) is 13.7 Å². The smallest absolute Gasteiger partial charge is 0.338 e. The molecule has 0 N–H and O–H groups in total. The molecule has 0 spiro atoms. The molecule has 0 aliphatic carbocycles. The van der Waals surface area contributed by atoms with Crippen LogP contribution in [0.3, 0.4) is 0 Å². The highest BCUT2D eigenvalue weighted by Gasteiger charge is 2.15. The Kier molecular flexibility index (Phi) is 6.84. The molecular formula is C20H25BrO3Si. The minimum absolute atomic E-state index is 0.254. The minimum Gasteiger partial charge on any atom is -0.497 e. The number of carbonyl (C=O) groups excluding carboxylic acids is 1. The lowest BCUT2D eigenvalue weighted by Crippen LogP contribution is -2.22. The lowest BCUT2D eigenvalue weighted by Gasteiger charge is -2.15. The van der Waals surface area contributed by atoms with Gasteiger partial charge in [0.2, 0.25) is 0 Å². The fourth-order valence-corrected chi connectivity index (χ4v) is 3.64. The normalized spacial score (nSPS) is 11.2. The Labute approximate surface area is 159 Å². The average Bonchev–Trinajstić information content (AvgIpc) is 2.53. The highest BCUT2D eigenvalue weighted by Crippen LogP contribution is 2.21. The van der Waals surface area contributed by atoms with E-state index in [2.05, 4.69) is 35.6 Å². The molecular weight excluding hydrogens is 396 g/mol. The Morgan fingerprint density at radius 1 is 1.04 bits per heavy atom. The first-order valence-corrected chi connectivity index (χ1v) is 12.9. The molecule has 0 bridgehead atoms. The number of hydrogen-bond acceptors (Lipinski definition) is 3. The van der Waals surface area contributed by atoms with Crippen LogP contribution in [0.5, 0.6) is 5.75 Å². The number of benzene rings is 2. The molecule has 2 rings (SSSR count). The highest BCUT2D eigenvalue weighted by atomic mass is 79.9. The molecule has 0 saturated carbocycles. The van der Waals surface area contributed by atoms with E-state index in [0.29, 0.717) is 12.2 Å². The van der Waals surface area contributed by atoms with Gasteiger partial charge in [-0.2, -0.15) is 0 Å². The van der Waals surface area contributed by atoms with Gasteiger partial charge in [-0.1, -0.05) is 47.7 Å². The lowest BCUT2D eigenvalue weighted by atomic mass is 10.0. The van der Waals surface area contributed by atoms with Crippen LogP contribution in [-0.2, 0) is 11.2 Å². The zero-order valence-electron chi connectivity index (χ0n) is 15.3. The summed E-state index contributed by atoms with van der Waals surface area (Å²) in [6, 6.07) is 14.7. The first-order valence-electron chi connectivity index (χ1n) is 8.36. The van der Waals surface area contributed by atoms with Gasteiger partial charge in [0.25, 0.3) is 0 Å². The van der Waals surface area contributed by atoms with Crippen molar-refractivity contribution < 1.29 is 14.3 Å². The van der Waals surface area contributed by atoms with Crippen LogP contribution >= 0.6 is 15.9 Å². The maximum absolute atomic E-state index is 12.3. The highest BCUT2D eigenvalue weighted by molar-refractivity contribution is 9.10. The van der Waals surface area contributed by atoms with E-state index in [-0.39, 0.29) is 5.97 Å². The van der Waals surface area contributed by atoms with Gasteiger partial charge < -0.3 is 9.47 Å². The molecule has 0 heterocycles. The number of halogens is 1. The van der Waals surface area contributed by atoms with Gasteiger partial charge in [0.15, 0.2) is 0 Å². The quantitative estimate of drug-likeness (QED) is 0.435. The van der Waals surface area contributed by atoms with Crippen molar-refractivity contribution in [3.63, 3.8) is 0 Å². The summed E-state index contributed by atoms with van der Waals surface area (Å²) in [5.74, 6) is 0.584. The topological polar surface area (TPSA) is 35.5 Å². The summed E-state index contributed by atoms with van der Waals surface area (Å²) in [6.07, 6.45) is 0.749. The Balaban J connectivity index is 2.06. The summed E-state index contributed by atoms with van der Waals surface area (Å²) in [5, 5.41) is 0. The van der Waals surface area contributed by atoms with Crippen LogP contribution < -0.4 is 4.74 Å². The molecule has 0 unspecified atom stereocenters. The van der Waals surface area contributed by atoms with Crippen molar-refractivity contribution in [3.8, 4) is 5.75 Å². The van der Waals surface area contributed by atoms with E-state index in [0.717, 1.165) is 33.8 Å². The van der Waals surface area contributed by atoms with E-state index in [1.807, 2.05) is 42.5 Å². The Hall–Kier alpha value is -1.59. The van der Waals surface area contributed by atoms with E-state index in [1.54, 1.807) is 7.11 Å². The van der Waals surface area contributed by atoms with Gasteiger partial charge in [-0.15, -0.1) is 0 Å². The SMILES string of the molecule is COc1ccc(Cc2cc(Br)cc(C(=O)OCC[Si](C)(C)C)c2)cc1. The van der Waals surface area contributed by atoms with Gasteiger partial charge >= 0.3 is 5.97 Å². The predicted molar refractivity (Wildman–Crippen MR) is 108 cm³/mol. The molecule has 0 amide bonds. The maximum atomic E-state index is 12.3. The third-order valence-corrected chi connectivity index (χ3v) is 6.01. The molecule has 2 aromatic carbocycles. The number of rotatable bonds is 7. The average molecular weight is 421 g/mol. The first-order chi connectivity index (χ1) is 11.8. The van der Waals surface area contributed by atoms with Gasteiger partial charge in [0.1, 0.15) is 5.75 Å². The number of esters is 1. The monoisotopic (exact) mass is 420 g/mol. The molecule has 0 fully saturated rings. The molecule has 0 atom stereocenters. The first kappa shape index (κ1) is 19.7. The summed E-state index contributed by atoms with van der Waals surface area (Å²) in [5.41, 5.74) is 2.82. The van der Waals surface area contributed by atoms with E-state index in [4.69, 9.17) is 9.47 Å². The zero-order valence-corrected chi connectivity index (χ0v) is 17.9. The van der Waals surface area contributed by atoms with Crippen molar-refractivity contribution >= 4 is 30.0 Å². The Morgan fingerprint density at radius 3 is 2.32 bits per heavy atom. The summed E-state index contributed by atoms with van der Waals surface area (Å²) in [6.45, 7) is 7.31. The fourth-order valence-electron chi connectivity index (χ4n) is 2.38. The molecule has 0 radical (unpaired) electrons. The van der Waals surface area contributed by atoms with Crippen molar-refractivity contribution in [2.45, 2.75) is 32.1 Å². The molecule has 2 aromatic rings. The molecule has 5 heteroatoms. The lowest BCUT2D eigenvalue weighted by molar-refractivity contribution is 0.0525. The van der Waals surface area contributed by atoms with E-state index >= 15 is 0 Å². The number of carbonyl (C=O) groups is 1. The van der Waals surface area contributed by atoms with Crippen LogP contribution in [0.2, 0.25) is 25.7 Å². The molecule has 0 saturated heterocycles. The summed E-state index contributed by atoms with van der Waals surface area (Å²) >= 11 is 3.50. The second-order valence-corrected chi connectivity index (χ2v) is 13.9. The van der Waals surface area contributed by atoms with Crippen molar-refractivity contribution in [1.82, 2.24) is 0 Å². The Morgan fingerprint density at radius 2 is 1.72 bits per heavy atom. The number of ether oxygens (including phenoxy) is 2. The van der Waals surface area contributed by atoms with E-state index in [1.165, 1.54) is 0 Å². The largest absolute Gasteiger partial charge is 0.497 e. The van der Waals surface area contributed by atoms with Gasteiger partial charge in [-0.05, 0) is 53.9 Å². The molecule has 0 aliphatic rings. The number of hydrogen-bond donors (Lipinski definition) is 0. The number of methoxy groups -OCH3 is 1. The van der Waals surface area contributed by atoms with Gasteiger partial charge in [0, 0.05) is 12.5 Å². The molecule has 3 nitrogen and oxygen atoms in total. The standard InChI is InChI=1S/C20H25BrO3Si/c1-23-19-7-5-15(6-8-19)11-16-12-17(14-18(21)13-16)20(22)24-9-10-25(2,3)4/h5-8,12-14H,9-11H2,1-4H3. The molecule has 0 aliphatic heterocycles. The zero-order chi connectivity index (χ0) is 18.4. The van der Waals surface area contributed by atoms with Crippen LogP contribution in [0.15, 0.2) is 46.9 Å². The van der Waals surface area contributed by atoms with E-state index in [9.17, 15) is 4.79 Å². The molecule has 25 heavy (non-hydrogen) atoms. The van der Waals surface area contributed by atoms with Gasteiger partial charge in [-0.25, -0.2) is 4.79 Å². The second kappa shape index (κ2) is 8.67. The Bertz CT molecular complexity index is 721. The summed E-state index contributed by atoms with van der Waals surface area (Å²) < 4.78 is 11.5. The summed E-state index contributed by atoms with van der Waals surface area (Å²) in [4.78, 5) is 12.3. The van der Waals surface area contributed by atoms with Crippen LogP contribution in [0.4, 0.5) is 0 Å². The van der Waals surface area contributed by atoms with Crippen molar-refractivity contribution in [1.29, 1.82) is 0 Å². The van der Waals surface area contributed by atoms with Crippen LogP contribution in [-0.4, -0.2) is 27.8 Å². The van der Waals surface area contributed by atoms with Crippen molar-refractivity contribution in [3.05, 3.63) is 63.6 Å². The fraction of sp³-hybridized carbons (Fsp3) is 0.350. The molecule has 134 valence electrons. The van der Waals surface area contributed by atoms with Crippen LogP contribution in [0.25, 0.3) is 0 Å². The minimum atomic E-state index is -1.20. The third kappa shape index (κ3) is 6.67. The van der Waals surface area contributed by atoms with Crippen LogP contribution in [0.1, 0.15) is 21.5 Å². The van der Waals surface area contributed by atoms with Crippen LogP contribution in [0, 0.1) is 0 Å². The van der Waals surface area contributed by atoms with Crippen molar-refractivity contribution in [2.24, 2.45) is 0 Å². The maximum Gasteiger partial charge on any atom is 0.338 e. The summed E-state index contributed by atoms with van der Waals surface area (Å²) in [7, 11) is 0.454. The molecule has 0 aromatic heterocycles. The van der Waals surface area contributed by atoms with E-state index < -0.39 is 8.07 Å². The van der Waals surface area contributed by atoms with Gasteiger partial charge in [0.05, 0.1) is 19.3 Å². The van der Waals surface area contributed by atoms with Gasteiger partial charge in [-0.3, -0.25) is 0 Å². The third-order valence-electron chi connectivity index (χ3n) is 3.85. The second-order valence-electron chi connectivity index (χ2n) is 7.32. The predicted octanol–water partition coefficient (Wildman–Crippen LogP) is 5.54.